The van der Waals surface area contributed by atoms with Gasteiger partial charge in [0.05, 0.1) is 29.7 Å². The third-order valence-corrected chi connectivity index (χ3v) is 5.30. The summed E-state index contributed by atoms with van der Waals surface area (Å²) in [4.78, 5) is 29.9. The monoisotopic (exact) mass is 426 g/mol. The fourth-order valence-electron chi connectivity index (χ4n) is 3.61. The van der Waals surface area contributed by atoms with Crippen molar-refractivity contribution in [2.45, 2.75) is 37.8 Å². The van der Waals surface area contributed by atoms with Crippen LogP contribution >= 0.6 is 0 Å². The maximum absolute atomic E-state index is 13.0. The lowest BCUT2D eigenvalue weighted by Crippen LogP contribution is -2.42. The van der Waals surface area contributed by atoms with Gasteiger partial charge in [-0.05, 0) is 37.5 Å². The number of aliphatic hydroxyl groups is 1. The van der Waals surface area contributed by atoms with Crippen LogP contribution in [0.15, 0.2) is 59.7 Å². The van der Waals surface area contributed by atoms with Crippen LogP contribution < -0.4 is 10.9 Å². The van der Waals surface area contributed by atoms with Gasteiger partial charge in [0, 0.05) is 17.3 Å². The molecule has 3 aromatic rings. The SMILES string of the molecule is O=C(NC1CCCC1O)c1cc(-c2ccc(C(F)F)cc2)nn(-c2cccnc2)c1=O. The van der Waals surface area contributed by atoms with Gasteiger partial charge in [0.15, 0.2) is 0 Å². The average Bonchev–Trinajstić information content (AvgIpc) is 3.18. The van der Waals surface area contributed by atoms with Crippen molar-refractivity contribution in [2.24, 2.45) is 0 Å². The average molecular weight is 426 g/mol. The maximum atomic E-state index is 13.0. The van der Waals surface area contributed by atoms with Crippen molar-refractivity contribution in [3.05, 3.63) is 76.3 Å². The Bertz CT molecular complexity index is 1130. The van der Waals surface area contributed by atoms with Crippen molar-refractivity contribution in [3.8, 4) is 16.9 Å². The van der Waals surface area contributed by atoms with Gasteiger partial charge in [-0.15, -0.1) is 0 Å². The number of aliphatic hydroxyl groups excluding tert-OH is 1. The number of nitrogens with one attached hydrogen (secondary N) is 1. The highest BCUT2D eigenvalue weighted by Crippen LogP contribution is 2.24. The van der Waals surface area contributed by atoms with Gasteiger partial charge in [0.2, 0.25) is 0 Å². The summed E-state index contributed by atoms with van der Waals surface area (Å²) in [5.41, 5.74) is 0.140. The van der Waals surface area contributed by atoms with Crippen molar-refractivity contribution in [2.75, 3.05) is 0 Å². The number of nitrogens with zero attached hydrogens (tertiary/aromatic N) is 3. The summed E-state index contributed by atoms with van der Waals surface area (Å²) < 4.78 is 26.8. The summed E-state index contributed by atoms with van der Waals surface area (Å²) in [6.45, 7) is 0. The topological polar surface area (TPSA) is 97.1 Å². The first-order valence-corrected chi connectivity index (χ1v) is 9.86. The number of carbonyl (C=O) groups excluding carboxylic acids is 1. The van der Waals surface area contributed by atoms with Crippen LogP contribution in [0.2, 0.25) is 0 Å². The molecule has 1 aliphatic rings. The second-order valence-electron chi connectivity index (χ2n) is 7.37. The highest BCUT2D eigenvalue weighted by Gasteiger charge is 2.28. The Morgan fingerprint density at radius 1 is 1.19 bits per heavy atom. The first-order valence-electron chi connectivity index (χ1n) is 9.86. The molecule has 1 aliphatic carbocycles. The molecule has 1 aromatic carbocycles. The zero-order chi connectivity index (χ0) is 22.0. The molecule has 160 valence electrons. The summed E-state index contributed by atoms with van der Waals surface area (Å²) >= 11 is 0. The number of amides is 1. The van der Waals surface area contributed by atoms with Crippen molar-refractivity contribution >= 4 is 5.91 Å². The highest BCUT2D eigenvalue weighted by molar-refractivity contribution is 5.95. The van der Waals surface area contributed by atoms with E-state index in [-0.39, 0.29) is 16.8 Å². The van der Waals surface area contributed by atoms with E-state index >= 15 is 0 Å². The Kier molecular flexibility index (Phi) is 5.85. The summed E-state index contributed by atoms with van der Waals surface area (Å²) in [5.74, 6) is -0.624. The number of pyridine rings is 1. The van der Waals surface area contributed by atoms with Gasteiger partial charge >= 0.3 is 0 Å². The zero-order valence-electron chi connectivity index (χ0n) is 16.4. The number of carbonyl (C=O) groups is 1. The number of hydrogen-bond acceptors (Lipinski definition) is 5. The van der Waals surface area contributed by atoms with E-state index in [1.165, 1.54) is 42.7 Å². The van der Waals surface area contributed by atoms with E-state index in [0.717, 1.165) is 11.1 Å². The van der Waals surface area contributed by atoms with Crippen LogP contribution in [0.1, 0.15) is 41.6 Å². The van der Waals surface area contributed by atoms with Crippen molar-refractivity contribution in [1.29, 1.82) is 0 Å². The van der Waals surface area contributed by atoms with Crippen molar-refractivity contribution in [3.63, 3.8) is 0 Å². The van der Waals surface area contributed by atoms with Crippen LogP contribution in [-0.4, -0.2) is 37.9 Å². The Morgan fingerprint density at radius 3 is 2.58 bits per heavy atom. The summed E-state index contributed by atoms with van der Waals surface area (Å²) in [5, 5.41) is 17.1. The summed E-state index contributed by atoms with van der Waals surface area (Å²) in [6.07, 6.45) is 1.69. The lowest BCUT2D eigenvalue weighted by Gasteiger charge is -2.17. The number of halogens is 2. The number of alkyl halides is 2. The number of rotatable bonds is 5. The number of benzene rings is 1. The quantitative estimate of drug-likeness (QED) is 0.654. The molecule has 1 amide bonds. The molecule has 2 unspecified atom stereocenters. The molecular formula is C22H20F2N4O3. The molecule has 2 heterocycles. The van der Waals surface area contributed by atoms with E-state index in [1.807, 2.05) is 0 Å². The third kappa shape index (κ3) is 4.36. The molecule has 9 heteroatoms. The van der Waals surface area contributed by atoms with Crippen LogP contribution in [0.3, 0.4) is 0 Å². The summed E-state index contributed by atoms with van der Waals surface area (Å²) in [7, 11) is 0. The Hall–Kier alpha value is -3.46. The second-order valence-corrected chi connectivity index (χ2v) is 7.37. The minimum atomic E-state index is -2.61. The van der Waals surface area contributed by atoms with E-state index in [1.54, 1.807) is 12.1 Å². The molecule has 1 saturated carbocycles. The van der Waals surface area contributed by atoms with Crippen LogP contribution in [0.4, 0.5) is 8.78 Å². The van der Waals surface area contributed by atoms with Gasteiger partial charge in [-0.2, -0.15) is 9.78 Å². The largest absolute Gasteiger partial charge is 0.391 e. The van der Waals surface area contributed by atoms with E-state index in [4.69, 9.17) is 0 Å². The van der Waals surface area contributed by atoms with Crippen LogP contribution in [-0.2, 0) is 0 Å². The molecule has 0 aliphatic heterocycles. The molecule has 31 heavy (non-hydrogen) atoms. The summed E-state index contributed by atoms with van der Waals surface area (Å²) in [6, 6.07) is 9.62. The molecule has 4 rings (SSSR count). The van der Waals surface area contributed by atoms with Crippen LogP contribution in [0, 0.1) is 0 Å². The fourth-order valence-corrected chi connectivity index (χ4v) is 3.61. The van der Waals surface area contributed by atoms with Gasteiger partial charge in [0.25, 0.3) is 17.9 Å². The predicted octanol–water partition coefficient (Wildman–Crippen LogP) is 2.88. The van der Waals surface area contributed by atoms with E-state index in [0.29, 0.717) is 24.1 Å². The zero-order valence-corrected chi connectivity index (χ0v) is 16.4. The minimum Gasteiger partial charge on any atom is -0.391 e. The van der Waals surface area contributed by atoms with Crippen LogP contribution in [0.5, 0.6) is 0 Å². The molecular weight excluding hydrogens is 406 g/mol. The van der Waals surface area contributed by atoms with Gasteiger partial charge in [-0.3, -0.25) is 14.6 Å². The second kappa shape index (κ2) is 8.73. The van der Waals surface area contributed by atoms with Crippen molar-refractivity contribution < 1.29 is 18.7 Å². The van der Waals surface area contributed by atoms with Gasteiger partial charge in [0.1, 0.15) is 5.56 Å². The minimum absolute atomic E-state index is 0.141. The molecule has 0 radical (unpaired) electrons. The normalized spacial score (nSPS) is 18.3. The van der Waals surface area contributed by atoms with Crippen molar-refractivity contribution in [1.82, 2.24) is 20.1 Å². The lowest BCUT2D eigenvalue weighted by atomic mass is 10.1. The molecule has 2 N–H and O–H groups in total. The maximum Gasteiger partial charge on any atom is 0.284 e. The fraction of sp³-hybridized carbons (Fsp3) is 0.273. The molecule has 1 fully saturated rings. The smallest absolute Gasteiger partial charge is 0.284 e. The first kappa shape index (κ1) is 20.8. The van der Waals surface area contributed by atoms with Gasteiger partial charge in [-0.1, -0.05) is 24.3 Å². The third-order valence-electron chi connectivity index (χ3n) is 5.30. The molecule has 7 nitrogen and oxygen atoms in total. The van der Waals surface area contributed by atoms with E-state index in [9.17, 15) is 23.5 Å². The Morgan fingerprint density at radius 2 is 1.97 bits per heavy atom. The molecule has 0 spiro atoms. The molecule has 0 bridgehead atoms. The molecule has 2 aromatic heterocycles. The Balaban J connectivity index is 1.79. The number of aromatic nitrogens is 3. The standard InChI is InChI=1S/C22H20F2N4O3/c23-20(24)14-8-6-13(7-9-14)18-11-16(21(30)26-17-4-1-5-19(17)29)22(31)28(27-18)15-3-2-10-25-12-15/h2-3,6-12,17,19-20,29H,1,4-5H2,(H,26,30). The van der Waals surface area contributed by atoms with Crippen LogP contribution in [0.25, 0.3) is 16.9 Å². The number of hydrogen-bond donors (Lipinski definition) is 2. The molecule has 2 atom stereocenters. The highest BCUT2D eigenvalue weighted by atomic mass is 19.3. The Labute approximate surface area is 176 Å². The predicted molar refractivity (Wildman–Crippen MR) is 109 cm³/mol. The van der Waals surface area contributed by atoms with E-state index in [2.05, 4.69) is 15.4 Å². The lowest BCUT2D eigenvalue weighted by molar-refractivity contribution is 0.0871. The molecule has 0 saturated heterocycles. The van der Waals surface area contributed by atoms with Gasteiger partial charge < -0.3 is 10.4 Å². The van der Waals surface area contributed by atoms with E-state index < -0.39 is 30.0 Å². The van der Waals surface area contributed by atoms with Gasteiger partial charge in [-0.25, -0.2) is 8.78 Å². The first-order chi connectivity index (χ1) is 14.9.